The molecule has 0 fully saturated rings. The number of pyridine rings is 1. The Bertz CT molecular complexity index is 442. The van der Waals surface area contributed by atoms with Gasteiger partial charge in [0, 0.05) is 6.07 Å². The van der Waals surface area contributed by atoms with Gasteiger partial charge in [-0.1, -0.05) is 0 Å². The number of nitrogens with one attached hydrogen (secondary N) is 1. The fourth-order valence-corrected chi connectivity index (χ4v) is 1.05. The second-order valence-electron chi connectivity index (χ2n) is 2.85. The molecule has 1 aromatic heterocycles. The number of nitrogens with two attached hydrogens (primary N) is 1. The SMILES string of the molecule is Nc1c(CC(=O)O)[nH]c(C(F)F)cc1=O. The lowest BCUT2D eigenvalue weighted by atomic mass is 10.2. The molecule has 5 nitrogen and oxygen atoms in total. The van der Waals surface area contributed by atoms with E-state index in [-0.39, 0.29) is 11.4 Å². The monoisotopic (exact) mass is 218 g/mol. The minimum Gasteiger partial charge on any atom is -0.481 e. The molecular weight excluding hydrogens is 210 g/mol. The van der Waals surface area contributed by atoms with Gasteiger partial charge in [-0.15, -0.1) is 0 Å². The predicted octanol–water partition coefficient (Wildman–Crippen LogP) is 0.522. The van der Waals surface area contributed by atoms with Crippen LogP contribution in [0.1, 0.15) is 17.8 Å². The average molecular weight is 218 g/mol. The van der Waals surface area contributed by atoms with Crippen LogP contribution in [-0.4, -0.2) is 16.1 Å². The highest BCUT2D eigenvalue weighted by Crippen LogP contribution is 2.16. The minimum atomic E-state index is -2.87. The third-order valence-electron chi connectivity index (χ3n) is 1.74. The minimum absolute atomic E-state index is 0.203. The number of carboxylic acids is 1. The highest BCUT2D eigenvalue weighted by atomic mass is 19.3. The maximum Gasteiger partial charge on any atom is 0.309 e. The van der Waals surface area contributed by atoms with Gasteiger partial charge in [-0.3, -0.25) is 9.59 Å². The van der Waals surface area contributed by atoms with Gasteiger partial charge in [-0.25, -0.2) is 8.78 Å². The molecule has 0 spiro atoms. The van der Waals surface area contributed by atoms with E-state index in [1.165, 1.54) is 0 Å². The summed E-state index contributed by atoms with van der Waals surface area (Å²) in [6.45, 7) is 0. The van der Waals surface area contributed by atoms with Crippen molar-refractivity contribution < 1.29 is 18.7 Å². The average Bonchev–Trinajstić information content (AvgIpc) is 2.11. The van der Waals surface area contributed by atoms with E-state index in [0.717, 1.165) is 0 Å². The number of anilines is 1. The topological polar surface area (TPSA) is 96.2 Å². The summed E-state index contributed by atoms with van der Waals surface area (Å²) >= 11 is 0. The molecule has 0 radical (unpaired) electrons. The van der Waals surface area contributed by atoms with E-state index in [4.69, 9.17) is 10.8 Å². The van der Waals surface area contributed by atoms with Crippen LogP contribution in [0, 0.1) is 0 Å². The van der Waals surface area contributed by atoms with Crippen LogP contribution in [0.15, 0.2) is 10.9 Å². The molecule has 0 saturated carbocycles. The number of rotatable bonds is 3. The first-order valence-corrected chi connectivity index (χ1v) is 3.93. The number of aromatic nitrogens is 1. The number of carbonyl (C=O) groups is 1. The highest BCUT2D eigenvalue weighted by Gasteiger charge is 2.14. The molecule has 0 aromatic carbocycles. The van der Waals surface area contributed by atoms with Gasteiger partial charge in [0.15, 0.2) is 0 Å². The number of aliphatic carboxylic acids is 1. The zero-order valence-electron chi connectivity index (χ0n) is 7.46. The number of H-pyrrole nitrogens is 1. The van der Waals surface area contributed by atoms with E-state index in [2.05, 4.69) is 4.98 Å². The molecule has 1 aromatic rings. The molecule has 0 amide bonds. The van der Waals surface area contributed by atoms with E-state index in [9.17, 15) is 18.4 Å². The second kappa shape index (κ2) is 4.07. The van der Waals surface area contributed by atoms with E-state index in [1.807, 2.05) is 0 Å². The van der Waals surface area contributed by atoms with Gasteiger partial charge in [0.2, 0.25) is 5.43 Å². The van der Waals surface area contributed by atoms with Crippen LogP contribution in [-0.2, 0) is 11.2 Å². The number of alkyl halides is 2. The number of hydrogen-bond acceptors (Lipinski definition) is 3. The molecule has 82 valence electrons. The Kier molecular flexibility index (Phi) is 3.03. The summed E-state index contributed by atoms with van der Waals surface area (Å²) < 4.78 is 24.5. The van der Waals surface area contributed by atoms with E-state index < -0.39 is 29.9 Å². The van der Waals surface area contributed by atoms with Gasteiger partial charge >= 0.3 is 5.97 Å². The molecule has 1 rings (SSSR count). The summed E-state index contributed by atoms with van der Waals surface area (Å²) in [5, 5.41) is 8.45. The van der Waals surface area contributed by atoms with Gasteiger partial charge in [0.1, 0.15) is 0 Å². The van der Waals surface area contributed by atoms with Crippen molar-refractivity contribution in [2.24, 2.45) is 0 Å². The van der Waals surface area contributed by atoms with Crippen LogP contribution in [0.25, 0.3) is 0 Å². The van der Waals surface area contributed by atoms with Crippen molar-refractivity contribution in [3.8, 4) is 0 Å². The third-order valence-corrected chi connectivity index (χ3v) is 1.74. The standard InChI is InChI=1S/C8H8F2N2O3/c9-8(10)4-1-5(13)7(11)3(12-4)2-6(14)15/h1,8H,2,11H2,(H,12,13)(H,14,15). The molecule has 0 aliphatic carbocycles. The molecule has 0 aliphatic rings. The van der Waals surface area contributed by atoms with E-state index in [1.54, 1.807) is 0 Å². The Labute approximate surface area is 82.5 Å². The van der Waals surface area contributed by atoms with Gasteiger partial charge in [0.05, 0.1) is 23.5 Å². The molecule has 15 heavy (non-hydrogen) atoms. The molecule has 7 heteroatoms. The fourth-order valence-electron chi connectivity index (χ4n) is 1.05. The lowest BCUT2D eigenvalue weighted by Crippen LogP contribution is -2.17. The Hall–Kier alpha value is -1.92. The number of halogens is 2. The largest absolute Gasteiger partial charge is 0.481 e. The first-order chi connectivity index (χ1) is 6.91. The van der Waals surface area contributed by atoms with Crippen LogP contribution in [0.3, 0.4) is 0 Å². The summed E-state index contributed by atoms with van der Waals surface area (Å²) in [5.41, 5.74) is 3.26. The maximum absolute atomic E-state index is 12.2. The third kappa shape index (κ3) is 2.52. The van der Waals surface area contributed by atoms with Crippen molar-refractivity contribution in [1.82, 2.24) is 4.98 Å². The summed E-state index contributed by atoms with van der Waals surface area (Å²) in [5.74, 6) is -1.26. The molecule has 0 aliphatic heterocycles. The van der Waals surface area contributed by atoms with Gasteiger partial charge in [0.25, 0.3) is 6.43 Å². The van der Waals surface area contributed by atoms with Crippen molar-refractivity contribution in [2.75, 3.05) is 5.73 Å². The lowest BCUT2D eigenvalue weighted by molar-refractivity contribution is -0.136. The van der Waals surface area contributed by atoms with Crippen LogP contribution >= 0.6 is 0 Å². The number of carboxylic acid groups (broad SMARTS) is 1. The van der Waals surface area contributed by atoms with Crippen molar-refractivity contribution in [1.29, 1.82) is 0 Å². The van der Waals surface area contributed by atoms with E-state index >= 15 is 0 Å². The smallest absolute Gasteiger partial charge is 0.309 e. The Morgan fingerprint density at radius 1 is 1.60 bits per heavy atom. The van der Waals surface area contributed by atoms with E-state index in [0.29, 0.717) is 6.07 Å². The molecule has 0 unspecified atom stereocenters. The maximum atomic E-state index is 12.2. The molecular formula is C8H8F2N2O3. The molecule has 0 atom stereocenters. The van der Waals surface area contributed by atoms with Crippen LogP contribution < -0.4 is 11.2 Å². The number of nitrogen functional groups attached to an aromatic ring is 1. The number of aromatic amines is 1. The zero-order valence-corrected chi connectivity index (χ0v) is 7.46. The summed E-state index contributed by atoms with van der Waals surface area (Å²) in [6, 6.07) is 0.658. The van der Waals surface area contributed by atoms with Gasteiger partial charge in [-0.2, -0.15) is 0 Å². The summed E-state index contributed by atoms with van der Waals surface area (Å²) in [7, 11) is 0. The molecule has 1 heterocycles. The molecule has 0 bridgehead atoms. The Morgan fingerprint density at radius 2 is 2.20 bits per heavy atom. The normalized spacial score (nSPS) is 10.6. The first kappa shape index (κ1) is 11.2. The van der Waals surface area contributed by atoms with Crippen LogP contribution in [0.2, 0.25) is 0 Å². The van der Waals surface area contributed by atoms with Crippen molar-refractivity contribution in [3.63, 3.8) is 0 Å². The van der Waals surface area contributed by atoms with Gasteiger partial charge in [-0.05, 0) is 0 Å². The quantitative estimate of drug-likeness (QED) is 0.689. The molecule has 0 saturated heterocycles. The highest BCUT2D eigenvalue weighted by molar-refractivity contribution is 5.71. The summed E-state index contributed by atoms with van der Waals surface area (Å²) in [6.07, 6.45) is -3.47. The summed E-state index contributed by atoms with van der Waals surface area (Å²) in [4.78, 5) is 23.6. The van der Waals surface area contributed by atoms with Crippen LogP contribution in [0.5, 0.6) is 0 Å². The fraction of sp³-hybridized carbons (Fsp3) is 0.250. The zero-order chi connectivity index (χ0) is 11.6. The van der Waals surface area contributed by atoms with Crippen LogP contribution in [0.4, 0.5) is 14.5 Å². The van der Waals surface area contributed by atoms with Crippen molar-refractivity contribution in [2.45, 2.75) is 12.8 Å². The van der Waals surface area contributed by atoms with Gasteiger partial charge < -0.3 is 15.8 Å². The van der Waals surface area contributed by atoms with Crippen molar-refractivity contribution in [3.05, 3.63) is 27.7 Å². The number of hydrogen-bond donors (Lipinski definition) is 3. The van der Waals surface area contributed by atoms with Crippen molar-refractivity contribution >= 4 is 11.7 Å². The molecule has 4 N–H and O–H groups in total. The Balaban J connectivity index is 3.25. The second-order valence-corrected chi connectivity index (χ2v) is 2.85. The predicted molar refractivity (Wildman–Crippen MR) is 47.8 cm³/mol. The first-order valence-electron chi connectivity index (χ1n) is 3.93. The lowest BCUT2D eigenvalue weighted by Gasteiger charge is -2.06. The Morgan fingerprint density at radius 3 is 2.67 bits per heavy atom.